The first-order chi connectivity index (χ1) is 7.25. The molecule has 0 amide bonds. The molecule has 0 fully saturated rings. The van der Waals surface area contributed by atoms with Gasteiger partial charge >= 0.3 is 0 Å². The largest absolute Gasteiger partial charge is 0.370 e. The van der Waals surface area contributed by atoms with E-state index in [9.17, 15) is 0 Å². The standard InChI is InChI=1S/C10H15N5/c1-8(11)2-5-12-9-4-7-15-10(14-9)3-6-13-15/h3-4,6-8H,2,5,11H2,1H3,(H,12,14). The lowest BCUT2D eigenvalue weighted by atomic mass is 10.2. The Labute approximate surface area is 88.3 Å². The maximum atomic E-state index is 5.66. The molecule has 0 saturated carbocycles. The quantitative estimate of drug-likeness (QED) is 0.777. The van der Waals surface area contributed by atoms with Crippen LogP contribution in [0.3, 0.4) is 0 Å². The lowest BCUT2D eigenvalue weighted by molar-refractivity contribution is 0.689. The van der Waals surface area contributed by atoms with Gasteiger partial charge in [0, 0.05) is 24.8 Å². The lowest BCUT2D eigenvalue weighted by Gasteiger charge is -2.07. The van der Waals surface area contributed by atoms with Crippen molar-refractivity contribution in [2.45, 2.75) is 19.4 Å². The molecule has 0 bridgehead atoms. The fourth-order valence-corrected chi connectivity index (χ4v) is 1.34. The molecule has 80 valence electrons. The number of rotatable bonds is 4. The third kappa shape index (κ3) is 2.44. The minimum Gasteiger partial charge on any atom is -0.370 e. The Morgan fingerprint density at radius 3 is 3.20 bits per heavy atom. The highest BCUT2D eigenvalue weighted by molar-refractivity contribution is 5.45. The maximum Gasteiger partial charge on any atom is 0.157 e. The van der Waals surface area contributed by atoms with Gasteiger partial charge in [-0.1, -0.05) is 0 Å². The van der Waals surface area contributed by atoms with Gasteiger partial charge in [-0.2, -0.15) is 5.10 Å². The molecule has 2 aromatic rings. The molecule has 0 saturated heterocycles. The van der Waals surface area contributed by atoms with E-state index in [1.807, 2.05) is 25.3 Å². The summed E-state index contributed by atoms with van der Waals surface area (Å²) in [6, 6.07) is 3.99. The number of nitrogens with one attached hydrogen (secondary N) is 1. The SMILES string of the molecule is CC(N)CCNc1ccn2nccc2n1. The highest BCUT2D eigenvalue weighted by Gasteiger charge is 1.98. The second-order valence-electron chi connectivity index (χ2n) is 3.64. The van der Waals surface area contributed by atoms with Crippen LogP contribution in [0.2, 0.25) is 0 Å². The summed E-state index contributed by atoms with van der Waals surface area (Å²) in [6.45, 7) is 2.84. The molecule has 1 unspecified atom stereocenters. The van der Waals surface area contributed by atoms with E-state index in [1.54, 1.807) is 10.7 Å². The van der Waals surface area contributed by atoms with E-state index in [1.165, 1.54) is 0 Å². The van der Waals surface area contributed by atoms with Crippen LogP contribution in [0.1, 0.15) is 13.3 Å². The van der Waals surface area contributed by atoms with Crippen LogP contribution < -0.4 is 11.1 Å². The monoisotopic (exact) mass is 205 g/mol. The predicted octanol–water partition coefficient (Wildman–Crippen LogP) is 0.878. The number of fused-ring (bicyclic) bond motifs is 1. The summed E-state index contributed by atoms with van der Waals surface area (Å²) < 4.78 is 1.73. The third-order valence-electron chi connectivity index (χ3n) is 2.16. The van der Waals surface area contributed by atoms with Crippen LogP contribution in [0.15, 0.2) is 24.5 Å². The van der Waals surface area contributed by atoms with Crippen molar-refractivity contribution in [3.63, 3.8) is 0 Å². The van der Waals surface area contributed by atoms with E-state index < -0.39 is 0 Å². The Balaban J connectivity index is 2.02. The van der Waals surface area contributed by atoms with E-state index in [0.29, 0.717) is 0 Å². The minimum absolute atomic E-state index is 0.219. The molecule has 0 aliphatic heterocycles. The number of aromatic nitrogens is 3. The molecule has 5 nitrogen and oxygen atoms in total. The zero-order chi connectivity index (χ0) is 10.7. The number of nitrogens with two attached hydrogens (primary N) is 1. The molecular formula is C10H15N5. The highest BCUT2D eigenvalue weighted by atomic mass is 15.2. The molecule has 15 heavy (non-hydrogen) atoms. The van der Waals surface area contributed by atoms with E-state index in [4.69, 9.17) is 5.73 Å². The smallest absolute Gasteiger partial charge is 0.157 e. The molecule has 1 atom stereocenters. The van der Waals surface area contributed by atoms with Crippen molar-refractivity contribution in [3.05, 3.63) is 24.5 Å². The van der Waals surface area contributed by atoms with Crippen molar-refractivity contribution in [2.75, 3.05) is 11.9 Å². The zero-order valence-corrected chi connectivity index (χ0v) is 8.72. The first-order valence-corrected chi connectivity index (χ1v) is 5.05. The molecule has 5 heteroatoms. The van der Waals surface area contributed by atoms with Gasteiger partial charge in [0.05, 0.1) is 6.20 Å². The van der Waals surface area contributed by atoms with Crippen LogP contribution in [0.4, 0.5) is 5.82 Å². The summed E-state index contributed by atoms with van der Waals surface area (Å²) in [7, 11) is 0. The van der Waals surface area contributed by atoms with Gasteiger partial charge in [0.15, 0.2) is 5.65 Å². The third-order valence-corrected chi connectivity index (χ3v) is 2.16. The van der Waals surface area contributed by atoms with E-state index >= 15 is 0 Å². The molecule has 3 N–H and O–H groups in total. The van der Waals surface area contributed by atoms with Crippen molar-refractivity contribution >= 4 is 11.5 Å². The Morgan fingerprint density at radius 1 is 1.53 bits per heavy atom. The molecule has 0 aromatic carbocycles. The molecule has 0 radical (unpaired) electrons. The summed E-state index contributed by atoms with van der Waals surface area (Å²) >= 11 is 0. The van der Waals surface area contributed by atoms with Crippen molar-refractivity contribution in [3.8, 4) is 0 Å². The molecule has 0 aliphatic carbocycles. The second kappa shape index (κ2) is 4.27. The van der Waals surface area contributed by atoms with Gasteiger partial charge in [0.1, 0.15) is 5.82 Å². The van der Waals surface area contributed by atoms with Gasteiger partial charge in [-0.05, 0) is 19.4 Å². The number of hydrogen-bond donors (Lipinski definition) is 2. The Morgan fingerprint density at radius 2 is 2.40 bits per heavy atom. The van der Waals surface area contributed by atoms with Gasteiger partial charge in [-0.15, -0.1) is 0 Å². The normalized spacial score (nSPS) is 12.9. The fourth-order valence-electron chi connectivity index (χ4n) is 1.34. The molecule has 2 rings (SSSR count). The first kappa shape index (κ1) is 9.92. The van der Waals surface area contributed by atoms with Crippen LogP contribution in [0.5, 0.6) is 0 Å². The molecule has 0 spiro atoms. The van der Waals surface area contributed by atoms with E-state index in [2.05, 4.69) is 15.4 Å². The van der Waals surface area contributed by atoms with Crippen LogP contribution in [0.25, 0.3) is 5.65 Å². The van der Waals surface area contributed by atoms with Gasteiger partial charge < -0.3 is 11.1 Å². The van der Waals surface area contributed by atoms with Gasteiger partial charge in [-0.25, -0.2) is 9.50 Å². The topological polar surface area (TPSA) is 68.2 Å². The van der Waals surface area contributed by atoms with Crippen molar-refractivity contribution in [2.24, 2.45) is 5.73 Å². The molecule has 2 heterocycles. The average molecular weight is 205 g/mol. The van der Waals surface area contributed by atoms with Crippen LogP contribution in [-0.4, -0.2) is 27.2 Å². The molecule has 2 aromatic heterocycles. The van der Waals surface area contributed by atoms with Crippen molar-refractivity contribution in [1.82, 2.24) is 14.6 Å². The fraction of sp³-hybridized carbons (Fsp3) is 0.400. The summed E-state index contributed by atoms with van der Waals surface area (Å²) in [5.41, 5.74) is 6.50. The van der Waals surface area contributed by atoms with Crippen LogP contribution in [-0.2, 0) is 0 Å². The lowest BCUT2D eigenvalue weighted by Crippen LogP contribution is -2.19. The Kier molecular flexibility index (Phi) is 2.82. The van der Waals surface area contributed by atoms with Gasteiger partial charge in [-0.3, -0.25) is 0 Å². The summed E-state index contributed by atoms with van der Waals surface area (Å²) in [5, 5.41) is 7.30. The van der Waals surface area contributed by atoms with Crippen LogP contribution >= 0.6 is 0 Å². The van der Waals surface area contributed by atoms with Crippen LogP contribution in [0, 0.1) is 0 Å². The number of hydrogen-bond acceptors (Lipinski definition) is 4. The highest BCUT2D eigenvalue weighted by Crippen LogP contribution is 2.05. The summed E-state index contributed by atoms with van der Waals surface area (Å²) in [5.74, 6) is 0.864. The summed E-state index contributed by atoms with van der Waals surface area (Å²) in [6.07, 6.45) is 4.55. The average Bonchev–Trinajstić information content (AvgIpc) is 2.64. The van der Waals surface area contributed by atoms with Crippen molar-refractivity contribution in [1.29, 1.82) is 0 Å². The number of nitrogens with zero attached hydrogens (tertiary/aromatic N) is 3. The minimum atomic E-state index is 0.219. The zero-order valence-electron chi connectivity index (χ0n) is 8.72. The second-order valence-corrected chi connectivity index (χ2v) is 3.64. The van der Waals surface area contributed by atoms with Crippen molar-refractivity contribution < 1.29 is 0 Å². The van der Waals surface area contributed by atoms with E-state index in [-0.39, 0.29) is 6.04 Å². The maximum absolute atomic E-state index is 5.66. The predicted molar refractivity (Wildman–Crippen MR) is 59.7 cm³/mol. The molecular weight excluding hydrogens is 190 g/mol. The van der Waals surface area contributed by atoms with E-state index in [0.717, 1.165) is 24.4 Å². The molecule has 0 aliphatic rings. The Bertz CT molecular complexity index is 434. The first-order valence-electron chi connectivity index (χ1n) is 5.05. The van der Waals surface area contributed by atoms with Gasteiger partial charge in [0.25, 0.3) is 0 Å². The Hall–Kier alpha value is -1.62. The van der Waals surface area contributed by atoms with Gasteiger partial charge in [0.2, 0.25) is 0 Å². The number of anilines is 1. The summed E-state index contributed by atoms with van der Waals surface area (Å²) in [4.78, 5) is 4.38.